The molecule has 28 heavy (non-hydrogen) atoms. The van der Waals surface area contributed by atoms with Crippen molar-refractivity contribution in [1.29, 1.82) is 0 Å². The Balaban J connectivity index is 1.63. The second-order valence-corrected chi connectivity index (χ2v) is 7.46. The van der Waals surface area contributed by atoms with Crippen molar-refractivity contribution in [3.63, 3.8) is 0 Å². The summed E-state index contributed by atoms with van der Waals surface area (Å²) >= 11 is 5.84. The molecular formula is C20H21ClF2N2O3. The number of hydrogen-bond acceptors (Lipinski definition) is 4. The minimum atomic E-state index is -1.58. The Kier molecular flexibility index (Phi) is 6.30. The third kappa shape index (κ3) is 4.86. The lowest BCUT2D eigenvalue weighted by molar-refractivity contribution is -0.111. The number of hydrogen-bond donors (Lipinski definition) is 3. The van der Waals surface area contributed by atoms with Crippen LogP contribution < -0.4 is 5.32 Å². The third-order valence-electron chi connectivity index (χ3n) is 4.82. The number of likely N-dealkylation sites (tertiary alicyclic amines) is 1. The van der Waals surface area contributed by atoms with E-state index in [4.69, 9.17) is 11.6 Å². The van der Waals surface area contributed by atoms with E-state index in [0.29, 0.717) is 22.7 Å². The number of aliphatic hydroxyl groups is 2. The minimum absolute atomic E-state index is 0.0449. The molecule has 0 aromatic heterocycles. The molecule has 0 unspecified atom stereocenters. The molecule has 0 spiro atoms. The van der Waals surface area contributed by atoms with Gasteiger partial charge in [-0.1, -0.05) is 11.6 Å². The smallest absolute Gasteiger partial charge is 0.253 e. The Morgan fingerprint density at radius 1 is 1.21 bits per heavy atom. The lowest BCUT2D eigenvalue weighted by Gasteiger charge is -2.42. The van der Waals surface area contributed by atoms with Gasteiger partial charge in [0.1, 0.15) is 17.2 Å². The van der Waals surface area contributed by atoms with Crippen LogP contribution in [0, 0.1) is 11.6 Å². The summed E-state index contributed by atoms with van der Waals surface area (Å²) in [5.41, 5.74) is -0.765. The highest BCUT2D eigenvalue weighted by Crippen LogP contribution is 2.23. The van der Waals surface area contributed by atoms with Crippen LogP contribution in [0.1, 0.15) is 22.3 Å². The van der Waals surface area contributed by atoms with Crippen LogP contribution in [0.25, 0.3) is 0 Å². The Labute approximate surface area is 166 Å². The monoisotopic (exact) mass is 410 g/mol. The molecule has 2 atom stereocenters. The number of nitrogens with one attached hydrogen (secondary N) is 1. The Hall–Kier alpha value is -2.06. The van der Waals surface area contributed by atoms with Gasteiger partial charge in [0.05, 0.1) is 12.6 Å². The van der Waals surface area contributed by atoms with Crippen LogP contribution >= 0.6 is 11.6 Å². The number of nitrogens with zero attached hydrogens (tertiary/aromatic N) is 1. The van der Waals surface area contributed by atoms with E-state index in [-0.39, 0.29) is 32.0 Å². The number of aliphatic hydroxyl groups excluding tert-OH is 1. The summed E-state index contributed by atoms with van der Waals surface area (Å²) in [6.07, 6.45) is -0.815. The van der Waals surface area contributed by atoms with Crippen molar-refractivity contribution in [1.82, 2.24) is 10.2 Å². The molecule has 1 aliphatic rings. The first-order valence-electron chi connectivity index (χ1n) is 8.88. The number of carbonyl (C=O) groups excluding carboxylic acids is 1. The van der Waals surface area contributed by atoms with Gasteiger partial charge in [0.15, 0.2) is 0 Å². The lowest BCUT2D eigenvalue weighted by atomic mass is 9.89. The number of rotatable bonds is 5. The first kappa shape index (κ1) is 20.7. The van der Waals surface area contributed by atoms with Crippen molar-refractivity contribution in [3.05, 3.63) is 70.2 Å². The molecule has 0 aliphatic carbocycles. The van der Waals surface area contributed by atoms with E-state index in [2.05, 4.69) is 5.32 Å². The van der Waals surface area contributed by atoms with Crippen LogP contribution in [0.2, 0.25) is 5.02 Å². The van der Waals surface area contributed by atoms with Crippen molar-refractivity contribution in [3.8, 4) is 0 Å². The van der Waals surface area contributed by atoms with E-state index in [9.17, 15) is 23.8 Å². The molecule has 2 aromatic rings. The molecule has 3 rings (SSSR count). The van der Waals surface area contributed by atoms with Gasteiger partial charge < -0.3 is 20.4 Å². The second-order valence-electron chi connectivity index (χ2n) is 7.02. The van der Waals surface area contributed by atoms with Gasteiger partial charge in [0.25, 0.3) is 5.91 Å². The van der Waals surface area contributed by atoms with Gasteiger partial charge in [-0.25, -0.2) is 8.78 Å². The van der Waals surface area contributed by atoms with Gasteiger partial charge in [-0.15, -0.1) is 0 Å². The number of benzene rings is 2. The SMILES string of the molecule is O=C(c1ccc(Cl)cc1)N1CC[C@H](O)[C@@](O)(CNCc2cc(F)cc(F)c2)C1. The van der Waals surface area contributed by atoms with Crippen LogP contribution in [-0.2, 0) is 6.54 Å². The second kappa shape index (κ2) is 8.53. The molecule has 0 bridgehead atoms. The molecule has 1 fully saturated rings. The molecule has 1 amide bonds. The van der Waals surface area contributed by atoms with Crippen LogP contribution in [0.5, 0.6) is 0 Å². The highest BCUT2D eigenvalue weighted by atomic mass is 35.5. The maximum atomic E-state index is 13.3. The highest BCUT2D eigenvalue weighted by Gasteiger charge is 2.42. The molecule has 8 heteroatoms. The molecule has 5 nitrogen and oxygen atoms in total. The number of amides is 1. The van der Waals surface area contributed by atoms with E-state index >= 15 is 0 Å². The predicted octanol–water partition coefficient (Wildman–Crippen LogP) is 2.35. The minimum Gasteiger partial charge on any atom is -0.390 e. The number of carbonyl (C=O) groups is 1. The van der Waals surface area contributed by atoms with Gasteiger partial charge >= 0.3 is 0 Å². The first-order chi connectivity index (χ1) is 13.3. The molecular weight excluding hydrogens is 390 g/mol. The highest BCUT2D eigenvalue weighted by molar-refractivity contribution is 6.30. The van der Waals surface area contributed by atoms with E-state index < -0.39 is 23.3 Å². The van der Waals surface area contributed by atoms with Crippen LogP contribution in [-0.4, -0.2) is 52.4 Å². The average molecular weight is 411 g/mol. The van der Waals surface area contributed by atoms with E-state index in [1.165, 1.54) is 17.0 Å². The van der Waals surface area contributed by atoms with Crippen molar-refractivity contribution in [2.75, 3.05) is 19.6 Å². The first-order valence-corrected chi connectivity index (χ1v) is 9.26. The number of piperidine rings is 1. The standard InChI is InChI=1S/C20H21ClF2N2O3/c21-15-3-1-14(2-4-15)19(27)25-6-5-18(26)20(28,12-25)11-24-10-13-7-16(22)9-17(23)8-13/h1-4,7-9,18,24,26,28H,5-6,10-12H2/t18-,20+/m0/s1. The summed E-state index contributed by atoms with van der Waals surface area (Å²) in [5, 5.41) is 24.5. The van der Waals surface area contributed by atoms with E-state index in [1.807, 2.05) is 0 Å². The van der Waals surface area contributed by atoms with Gasteiger partial charge in [0.2, 0.25) is 0 Å². The predicted molar refractivity (Wildman–Crippen MR) is 101 cm³/mol. The van der Waals surface area contributed by atoms with E-state index in [0.717, 1.165) is 6.07 Å². The number of β-amino-alcohol motifs (C(OH)–C–C–N with tert-alkyl or cyclic N) is 1. The number of halogens is 3. The molecule has 1 aliphatic heterocycles. The Morgan fingerprint density at radius 2 is 1.86 bits per heavy atom. The lowest BCUT2D eigenvalue weighted by Crippen LogP contribution is -2.62. The van der Waals surface area contributed by atoms with Crippen molar-refractivity contribution >= 4 is 17.5 Å². The summed E-state index contributed by atoms with van der Waals surface area (Å²) in [5.74, 6) is -1.64. The van der Waals surface area contributed by atoms with Crippen LogP contribution in [0.3, 0.4) is 0 Å². The fourth-order valence-electron chi connectivity index (χ4n) is 3.32. The van der Waals surface area contributed by atoms with Crippen LogP contribution in [0.15, 0.2) is 42.5 Å². The molecule has 150 valence electrons. The Morgan fingerprint density at radius 3 is 2.50 bits per heavy atom. The maximum absolute atomic E-state index is 13.3. The maximum Gasteiger partial charge on any atom is 0.253 e. The van der Waals surface area contributed by atoms with E-state index in [1.54, 1.807) is 24.3 Å². The fraction of sp³-hybridized carbons (Fsp3) is 0.350. The van der Waals surface area contributed by atoms with Gasteiger partial charge in [-0.3, -0.25) is 4.79 Å². The largest absolute Gasteiger partial charge is 0.390 e. The fourth-order valence-corrected chi connectivity index (χ4v) is 3.45. The van der Waals surface area contributed by atoms with Crippen LogP contribution in [0.4, 0.5) is 8.78 Å². The zero-order chi connectivity index (χ0) is 20.3. The quantitative estimate of drug-likeness (QED) is 0.707. The molecule has 1 saturated heterocycles. The zero-order valence-corrected chi connectivity index (χ0v) is 15.8. The summed E-state index contributed by atoms with van der Waals surface area (Å²) in [4.78, 5) is 14.1. The van der Waals surface area contributed by atoms with Gasteiger partial charge in [-0.05, 0) is 48.4 Å². The van der Waals surface area contributed by atoms with Gasteiger partial charge in [-0.2, -0.15) is 0 Å². The zero-order valence-electron chi connectivity index (χ0n) is 15.0. The van der Waals surface area contributed by atoms with Crippen molar-refractivity contribution in [2.45, 2.75) is 24.7 Å². The molecule has 0 radical (unpaired) electrons. The molecule has 2 aromatic carbocycles. The third-order valence-corrected chi connectivity index (χ3v) is 5.07. The summed E-state index contributed by atoms with van der Waals surface area (Å²) in [6.45, 7) is 0.297. The summed E-state index contributed by atoms with van der Waals surface area (Å²) in [6, 6.07) is 9.58. The van der Waals surface area contributed by atoms with Gasteiger partial charge in [0, 0.05) is 36.3 Å². The summed E-state index contributed by atoms with van der Waals surface area (Å²) < 4.78 is 26.5. The summed E-state index contributed by atoms with van der Waals surface area (Å²) in [7, 11) is 0. The normalized spacial score (nSPS) is 22.3. The Bertz CT molecular complexity index is 830. The van der Waals surface area contributed by atoms with Crippen molar-refractivity contribution < 1.29 is 23.8 Å². The molecule has 1 heterocycles. The van der Waals surface area contributed by atoms with Crippen molar-refractivity contribution in [2.24, 2.45) is 0 Å². The molecule has 3 N–H and O–H groups in total. The average Bonchev–Trinajstić information content (AvgIpc) is 2.63. The topological polar surface area (TPSA) is 72.8 Å². The molecule has 0 saturated carbocycles.